The number of hydrogen-bond acceptors (Lipinski definition) is 3. The Labute approximate surface area is 117 Å². The van der Waals surface area contributed by atoms with Gasteiger partial charge >= 0.3 is 5.97 Å². The number of nitrogens with zero attached hydrogens (tertiary/aromatic N) is 1. The van der Waals surface area contributed by atoms with Crippen molar-refractivity contribution in [2.24, 2.45) is 0 Å². The van der Waals surface area contributed by atoms with E-state index >= 15 is 0 Å². The first-order valence-electron chi connectivity index (χ1n) is 6.39. The minimum atomic E-state index is -0.757. The summed E-state index contributed by atoms with van der Waals surface area (Å²) in [5, 5.41) is 9.93. The van der Waals surface area contributed by atoms with Gasteiger partial charge in [-0.2, -0.15) is 0 Å². The number of carboxylic acids is 1. The van der Waals surface area contributed by atoms with Crippen LogP contribution in [0.25, 0.3) is 0 Å². The number of likely N-dealkylation sites (tertiary alicyclic amines) is 1. The highest BCUT2D eigenvalue weighted by Gasteiger charge is 2.42. The molecule has 1 aromatic rings. The van der Waals surface area contributed by atoms with Gasteiger partial charge in [-0.3, -0.25) is 9.69 Å². The smallest absolute Gasteiger partial charge is 0.323 e. The van der Waals surface area contributed by atoms with E-state index < -0.39 is 11.5 Å². The van der Waals surface area contributed by atoms with Crippen molar-refractivity contribution in [3.8, 4) is 5.75 Å². The molecule has 4 nitrogen and oxygen atoms in total. The van der Waals surface area contributed by atoms with Gasteiger partial charge in [-0.05, 0) is 44.5 Å². The van der Waals surface area contributed by atoms with Gasteiger partial charge in [0.05, 0.1) is 0 Å². The highest BCUT2D eigenvalue weighted by molar-refractivity contribution is 6.30. The number of rotatable bonds is 5. The highest BCUT2D eigenvalue weighted by atomic mass is 35.5. The summed E-state index contributed by atoms with van der Waals surface area (Å²) in [6, 6.07) is 7.21. The molecule has 1 atom stereocenters. The van der Waals surface area contributed by atoms with Crippen molar-refractivity contribution >= 4 is 17.6 Å². The Kier molecular flexibility index (Phi) is 4.32. The van der Waals surface area contributed by atoms with E-state index in [0.29, 0.717) is 30.3 Å². The minimum Gasteiger partial charge on any atom is -0.492 e. The Morgan fingerprint density at radius 3 is 3.05 bits per heavy atom. The van der Waals surface area contributed by atoms with Gasteiger partial charge in [-0.15, -0.1) is 0 Å². The quantitative estimate of drug-likeness (QED) is 0.903. The molecule has 104 valence electrons. The molecule has 1 N–H and O–H groups in total. The van der Waals surface area contributed by atoms with Crippen molar-refractivity contribution in [3.05, 3.63) is 29.3 Å². The normalized spacial score (nSPS) is 23.5. The van der Waals surface area contributed by atoms with Gasteiger partial charge in [0.25, 0.3) is 0 Å². The molecular formula is C14H18ClNO3. The second kappa shape index (κ2) is 5.80. The molecule has 0 aliphatic carbocycles. The van der Waals surface area contributed by atoms with Gasteiger partial charge in [0.1, 0.15) is 17.9 Å². The summed E-state index contributed by atoms with van der Waals surface area (Å²) in [5.41, 5.74) is -0.752. The van der Waals surface area contributed by atoms with Gasteiger partial charge < -0.3 is 9.84 Å². The molecule has 1 aliphatic rings. The molecule has 0 amide bonds. The highest BCUT2D eigenvalue weighted by Crippen LogP contribution is 2.28. The van der Waals surface area contributed by atoms with Crippen LogP contribution in [0.15, 0.2) is 24.3 Å². The zero-order valence-electron chi connectivity index (χ0n) is 10.9. The molecule has 0 saturated carbocycles. The van der Waals surface area contributed by atoms with Crippen LogP contribution in [0.3, 0.4) is 0 Å². The fourth-order valence-electron chi connectivity index (χ4n) is 2.45. The topological polar surface area (TPSA) is 49.8 Å². The van der Waals surface area contributed by atoms with Crippen LogP contribution in [0, 0.1) is 0 Å². The van der Waals surface area contributed by atoms with Crippen LogP contribution in [0.2, 0.25) is 5.02 Å². The molecular weight excluding hydrogens is 266 g/mol. The molecule has 2 rings (SSSR count). The summed E-state index contributed by atoms with van der Waals surface area (Å²) < 4.78 is 5.60. The van der Waals surface area contributed by atoms with Crippen molar-refractivity contribution in [2.75, 3.05) is 19.7 Å². The summed E-state index contributed by atoms with van der Waals surface area (Å²) in [4.78, 5) is 13.3. The Balaban J connectivity index is 1.87. The van der Waals surface area contributed by atoms with Crippen molar-refractivity contribution in [3.63, 3.8) is 0 Å². The molecule has 1 aromatic carbocycles. The van der Waals surface area contributed by atoms with E-state index in [1.54, 1.807) is 19.1 Å². The van der Waals surface area contributed by atoms with E-state index in [1.807, 2.05) is 17.0 Å². The molecule has 19 heavy (non-hydrogen) atoms. The Hall–Kier alpha value is -1.26. The van der Waals surface area contributed by atoms with E-state index in [9.17, 15) is 9.90 Å². The SMILES string of the molecule is CC1(C(=O)O)CCCN1CCOc1cccc(Cl)c1. The van der Waals surface area contributed by atoms with Crippen molar-refractivity contribution in [1.82, 2.24) is 4.90 Å². The molecule has 5 heteroatoms. The Morgan fingerprint density at radius 1 is 1.58 bits per heavy atom. The van der Waals surface area contributed by atoms with Gasteiger partial charge in [0, 0.05) is 11.6 Å². The number of aliphatic carboxylic acids is 1. The molecule has 1 fully saturated rings. The largest absolute Gasteiger partial charge is 0.492 e. The van der Waals surface area contributed by atoms with Crippen molar-refractivity contribution in [2.45, 2.75) is 25.3 Å². The van der Waals surface area contributed by atoms with Crippen LogP contribution >= 0.6 is 11.6 Å². The average molecular weight is 284 g/mol. The molecule has 1 heterocycles. The van der Waals surface area contributed by atoms with Crippen LogP contribution in [-0.4, -0.2) is 41.2 Å². The first-order chi connectivity index (χ1) is 9.02. The van der Waals surface area contributed by atoms with Crippen LogP contribution < -0.4 is 4.74 Å². The lowest BCUT2D eigenvalue weighted by Crippen LogP contribution is -2.49. The third-order valence-corrected chi connectivity index (χ3v) is 3.91. The predicted molar refractivity (Wildman–Crippen MR) is 73.8 cm³/mol. The number of hydrogen-bond donors (Lipinski definition) is 1. The predicted octanol–water partition coefficient (Wildman–Crippen LogP) is 2.66. The van der Waals surface area contributed by atoms with Gasteiger partial charge in [0.15, 0.2) is 0 Å². The second-order valence-electron chi connectivity index (χ2n) is 4.98. The van der Waals surface area contributed by atoms with Gasteiger partial charge in [-0.1, -0.05) is 17.7 Å². The summed E-state index contributed by atoms with van der Waals surface area (Å²) in [5.74, 6) is -0.0449. The number of ether oxygens (including phenoxy) is 1. The van der Waals surface area contributed by atoms with E-state index in [1.165, 1.54) is 0 Å². The van der Waals surface area contributed by atoms with Crippen LogP contribution in [0.1, 0.15) is 19.8 Å². The standard InChI is InChI=1S/C14H18ClNO3/c1-14(13(17)18)6-3-7-16(14)8-9-19-12-5-2-4-11(15)10-12/h2,4-5,10H,3,6-9H2,1H3,(H,17,18). The zero-order chi connectivity index (χ0) is 13.9. The summed E-state index contributed by atoms with van der Waals surface area (Å²) in [7, 11) is 0. The summed E-state index contributed by atoms with van der Waals surface area (Å²) >= 11 is 5.87. The van der Waals surface area contributed by atoms with Crippen LogP contribution in [0.4, 0.5) is 0 Å². The van der Waals surface area contributed by atoms with Gasteiger partial charge in [0.2, 0.25) is 0 Å². The maximum absolute atomic E-state index is 11.3. The molecule has 1 aliphatic heterocycles. The number of benzene rings is 1. The lowest BCUT2D eigenvalue weighted by atomic mass is 9.99. The van der Waals surface area contributed by atoms with Crippen LogP contribution in [0.5, 0.6) is 5.75 Å². The molecule has 1 saturated heterocycles. The molecule has 0 bridgehead atoms. The van der Waals surface area contributed by atoms with Crippen molar-refractivity contribution < 1.29 is 14.6 Å². The van der Waals surface area contributed by atoms with E-state index in [2.05, 4.69) is 0 Å². The first-order valence-corrected chi connectivity index (χ1v) is 6.77. The lowest BCUT2D eigenvalue weighted by Gasteiger charge is -2.30. The maximum atomic E-state index is 11.3. The van der Waals surface area contributed by atoms with E-state index in [0.717, 1.165) is 13.0 Å². The molecule has 0 radical (unpaired) electrons. The third-order valence-electron chi connectivity index (χ3n) is 3.68. The fourth-order valence-corrected chi connectivity index (χ4v) is 2.63. The average Bonchev–Trinajstić information content (AvgIpc) is 2.73. The molecule has 1 unspecified atom stereocenters. The summed E-state index contributed by atoms with van der Waals surface area (Å²) in [6.07, 6.45) is 1.61. The minimum absolute atomic E-state index is 0.462. The second-order valence-corrected chi connectivity index (χ2v) is 5.41. The third kappa shape index (κ3) is 3.19. The van der Waals surface area contributed by atoms with Crippen molar-refractivity contribution in [1.29, 1.82) is 0 Å². The zero-order valence-corrected chi connectivity index (χ0v) is 11.7. The van der Waals surface area contributed by atoms with Crippen LogP contribution in [-0.2, 0) is 4.79 Å². The maximum Gasteiger partial charge on any atom is 0.323 e. The van der Waals surface area contributed by atoms with E-state index in [4.69, 9.17) is 16.3 Å². The first kappa shape index (κ1) is 14.2. The van der Waals surface area contributed by atoms with Gasteiger partial charge in [-0.25, -0.2) is 0 Å². The van der Waals surface area contributed by atoms with E-state index in [-0.39, 0.29) is 0 Å². The monoisotopic (exact) mass is 283 g/mol. The molecule has 0 spiro atoms. The lowest BCUT2D eigenvalue weighted by molar-refractivity contribution is -0.148. The number of halogens is 1. The Bertz CT molecular complexity index is 466. The Morgan fingerprint density at radius 2 is 2.37 bits per heavy atom. The number of carbonyl (C=O) groups is 1. The fraction of sp³-hybridized carbons (Fsp3) is 0.500. The summed E-state index contributed by atoms with van der Waals surface area (Å²) in [6.45, 7) is 3.65. The molecule has 0 aromatic heterocycles. The number of carboxylic acid groups (broad SMARTS) is 1.